The van der Waals surface area contributed by atoms with E-state index in [9.17, 15) is 4.21 Å². The molecular formula is C32H22N2OS2. The molecule has 0 bridgehead atoms. The molecule has 1 atom stereocenters. The molecular weight excluding hydrogens is 492 g/mol. The van der Waals surface area contributed by atoms with Crippen LogP contribution in [0, 0.1) is 0 Å². The quantitative estimate of drug-likeness (QED) is 0.215. The number of para-hydroxylation sites is 1. The smallest absolute Gasteiger partial charge is 0.0774 e. The highest BCUT2D eigenvalue weighted by Gasteiger charge is 2.23. The SMILES string of the molecule is CC1=Cc2cc(-n3c4ccccc4c4c5ccccc5c5c6ccccc6sc5c43)ccc2S(C)(=O)=N1. The Kier molecular flexibility index (Phi) is 4.19. The summed E-state index contributed by atoms with van der Waals surface area (Å²) in [6.45, 7) is 1.92. The third-order valence-electron chi connectivity index (χ3n) is 7.49. The zero-order valence-electron chi connectivity index (χ0n) is 20.4. The van der Waals surface area contributed by atoms with Gasteiger partial charge in [0, 0.05) is 43.9 Å². The Hall–Kier alpha value is -3.93. The number of rotatable bonds is 1. The van der Waals surface area contributed by atoms with Crippen molar-refractivity contribution < 1.29 is 4.21 Å². The number of aromatic nitrogens is 1. The Morgan fingerprint density at radius 2 is 1.46 bits per heavy atom. The van der Waals surface area contributed by atoms with Crippen molar-refractivity contribution in [2.75, 3.05) is 6.26 Å². The second-order valence-electron chi connectivity index (χ2n) is 9.83. The summed E-state index contributed by atoms with van der Waals surface area (Å²) in [6, 6.07) is 32.5. The van der Waals surface area contributed by atoms with Crippen molar-refractivity contribution in [3.8, 4) is 5.69 Å². The number of hydrogen-bond donors (Lipinski definition) is 0. The molecule has 0 saturated heterocycles. The van der Waals surface area contributed by atoms with Crippen LogP contribution in [0.15, 0.2) is 106 Å². The van der Waals surface area contributed by atoms with Crippen LogP contribution in [0.25, 0.3) is 64.5 Å². The molecule has 3 heterocycles. The molecule has 178 valence electrons. The van der Waals surface area contributed by atoms with E-state index in [2.05, 4.69) is 93.9 Å². The second kappa shape index (κ2) is 7.31. The summed E-state index contributed by atoms with van der Waals surface area (Å²) in [5.41, 5.74) is 5.26. The second-order valence-corrected chi connectivity index (χ2v) is 13.1. The predicted octanol–water partition coefficient (Wildman–Crippen LogP) is 9.14. The Labute approximate surface area is 218 Å². The molecule has 0 N–H and O–H groups in total. The number of nitrogens with zero attached hydrogens (tertiary/aromatic N) is 2. The van der Waals surface area contributed by atoms with E-state index in [0.29, 0.717) is 0 Å². The summed E-state index contributed by atoms with van der Waals surface area (Å²) in [7, 11) is -2.44. The Balaban J connectivity index is 1.62. The van der Waals surface area contributed by atoms with E-state index in [1.807, 2.05) is 30.4 Å². The monoisotopic (exact) mass is 514 g/mol. The van der Waals surface area contributed by atoms with Crippen LogP contribution in [0.1, 0.15) is 12.5 Å². The first-order chi connectivity index (χ1) is 18.0. The lowest BCUT2D eigenvalue weighted by Crippen LogP contribution is -2.06. The van der Waals surface area contributed by atoms with Crippen LogP contribution in [0.2, 0.25) is 0 Å². The number of allylic oxidation sites excluding steroid dienone is 1. The van der Waals surface area contributed by atoms with E-state index in [4.69, 9.17) is 0 Å². The first-order valence-electron chi connectivity index (χ1n) is 12.3. The molecule has 5 aromatic carbocycles. The van der Waals surface area contributed by atoms with Gasteiger partial charge in [0.1, 0.15) is 0 Å². The fraction of sp³-hybridized carbons (Fsp3) is 0.0625. The highest BCUT2D eigenvalue weighted by Crippen LogP contribution is 2.47. The zero-order valence-corrected chi connectivity index (χ0v) is 22.0. The van der Waals surface area contributed by atoms with Gasteiger partial charge in [-0.3, -0.25) is 0 Å². The van der Waals surface area contributed by atoms with Gasteiger partial charge in [0.25, 0.3) is 0 Å². The Morgan fingerprint density at radius 3 is 2.27 bits per heavy atom. The summed E-state index contributed by atoms with van der Waals surface area (Å²) >= 11 is 1.87. The zero-order chi connectivity index (χ0) is 24.9. The van der Waals surface area contributed by atoms with Crippen molar-refractivity contribution in [2.24, 2.45) is 4.36 Å². The van der Waals surface area contributed by atoms with Gasteiger partial charge in [0.05, 0.1) is 30.4 Å². The molecule has 0 spiro atoms. The first kappa shape index (κ1) is 21.2. The van der Waals surface area contributed by atoms with Crippen molar-refractivity contribution in [2.45, 2.75) is 11.8 Å². The van der Waals surface area contributed by atoms with Gasteiger partial charge in [-0.05, 0) is 59.7 Å². The first-order valence-corrected chi connectivity index (χ1v) is 15.1. The molecule has 0 aliphatic carbocycles. The molecule has 0 saturated carbocycles. The number of fused-ring (bicyclic) bond motifs is 11. The van der Waals surface area contributed by atoms with Crippen LogP contribution in [0.4, 0.5) is 0 Å². The van der Waals surface area contributed by atoms with E-state index >= 15 is 0 Å². The van der Waals surface area contributed by atoms with Crippen molar-refractivity contribution in [1.82, 2.24) is 4.57 Å². The number of thiophene rings is 1. The molecule has 8 rings (SSSR count). The van der Waals surface area contributed by atoms with Gasteiger partial charge in [-0.15, -0.1) is 11.3 Å². The third-order valence-corrected chi connectivity index (χ3v) is 10.5. The summed E-state index contributed by atoms with van der Waals surface area (Å²) < 4.78 is 22.7. The fourth-order valence-corrected chi connectivity index (χ4v) is 8.94. The number of benzene rings is 5. The van der Waals surface area contributed by atoms with Crippen molar-refractivity contribution in [1.29, 1.82) is 0 Å². The molecule has 7 aromatic rings. The summed E-state index contributed by atoms with van der Waals surface area (Å²) in [6.07, 6.45) is 3.78. The lowest BCUT2D eigenvalue weighted by Gasteiger charge is -2.17. The summed E-state index contributed by atoms with van der Waals surface area (Å²) in [5.74, 6) is 0. The van der Waals surface area contributed by atoms with E-state index in [-0.39, 0.29) is 0 Å². The van der Waals surface area contributed by atoms with E-state index < -0.39 is 9.73 Å². The van der Waals surface area contributed by atoms with Crippen LogP contribution in [0.3, 0.4) is 0 Å². The maximum Gasteiger partial charge on any atom is 0.0774 e. The Morgan fingerprint density at radius 1 is 0.784 bits per heavy atom. The molecule has 37 heavy (non-hydrogen) atoms. The summed E-state index contributed by atoms with van der Waals surface area (Å²) in [5, 5.41) is 7.70. The predicted molar refractivity (Wildman–Crippen MR) is 160 cm³/mol. The molecule has 0 amide bonds. The van der Waals surface area contributed by atoms with Crippen molar-refractivity contribution >= 4 is 79.9 Å². The highest BCUT2D eigenvalue weighted by atomic mass is 32.2. The maximum absolute atomic E-state index is 13.3. The van der Waals surface area contributed by atoms with Crippen LogP contribution in [0.5, 0.6) is 0 Å². The largest absolute Gasteiger partial charge is 0.308 e. The van der Waals surface area contributed by atoms with E-state index in [1.54, 1.807) is 6.26 Å². The average molecular weight is 515 g/mol. The standard InChI is InChI=1S/C32H22N2OS2/c1-19-17-20-18-21(15-16-28(20)37(2,35)33-19)34-26-13-7-5-11-24(26)29-22-9-3-4-10-23(22)30-25-12-6-8-14-27(25)36-32(30)31(29)34/h3-18H,1-2H3. The lowest BCUT2D eigenvalue weighted by atomic mass is 9.99. The minimum Gasteiger partial charge on any atom is -0.308 e. The van der Waals surface area contributed by atoms with Crippen molar-refractivity contribution in [3.05, 3.63) is 102 Å². The molecule has 5 heteroatoms. The van der Waals surface area contributed by atoms with Gasteiger partial charge >= 0.3 is 0 Å². The third kappa shape index (κ3) is 2.84. The van der Waals surface area contributed by atoms with E-state index in [1.165, 1.54) is 52.8 Å². The van der Waals surface area contributed by atoms with Crippen LogP contribution in [-0.2, 0) is 9.73 Å². The van der Waals surface area contributed by atoms with Crippen LogP contribution in [-0.4, -0.2) is 15.0 Å². The highest BCUT2D eigenvalue weighted by molar-refractivity contribution is 7.93. The van der Waals surface area contributed by atoms with Crippen LogP contribution >= 0.6 is 11.3 Å². The fourth-order valence-electron chi connectivity index (χ4n) is 6.10. The maximum atomic E-state index is 13.3. The molecule has 0 fully saturated rings. The minimum absolute atomic E-state index is 0.803. The van der Waals surface area contributed by atoms with Gasteiger partial charge in [0.15, 0.2) is 0 Å². The average Bonchev–Trinajstić information content (AvgIpc) is 3.45. The van der Waals surface area contributed by atoms with Gasteiger partial charge < -0.3 is 4.57 Å². The van der Waals surface area contributed by atoms with Gasteiger partial charge in [0.2, 0.25) is 0 Å². The topological polar surface area (TPSA) is 34.4 Å². The normalized spacial score (nSPS) is 17.5. The molecule has 1 aliphatic heterocycles. The molecule has 2 aromatic heterocycles. The minimum atomic E-state index is -2.44. The number of hydrogen-bond acceptors (Lipinski definition) is 3. The molecule has 0 radical (unpaired) electrons. The molecule has 1 aliphatic rings. The lowest BCUT2D eigenvalue weighted by molar-refractivity contribution is 0.679. The van der Waals surface area contributed by atoms with Gasteiger partial charge in [-0.1, -0.05) is 60.7 Å². The molecule has 3 nitrogen and oxygen atoms in total. The van der Waals surface area contributed by atoms with Gasteiger partial charge in [-0.25, -0.2) is 8.57 Å². The van der Waals surface area contributed by atoms with Crippen LogP contribution < -0.4 is 0 Å². The molecule has 1 unspecified atom stereocenters. The van der Waals surface area contributed by atoms with E-state index in [0.717, 1.165) is 21.8 Å². The summed E-state index contributed by atoms with van der Waals surface area (Å²) in [4.78, 5) is 0.806. The Bertz CT molecular complexity index is 2270. The van der Waals surface area contributed by atoms with Gasteiger partial charge in [-0.2, -0.15) is 0 Å². The van der Waals surface area contributed by atoms with Crippen molar-refractivity contribution in [3.63, 3.8) is 0 Å².